The van der Waals surface area contributed by atoms with E-state index in [2.05, 4.69) is 15.4 Å². The van der Waals surface area contributed by atoms with Gasteiger partial charge in [-0.05, 0) is 39.0 Å². The van der Waals surface area contributed by atoms with E-state index in [0.29, 0.717) is 18.7 Å². The van der Waals surface area contributed by atoms with Gasteiger partial charge in [0.15, 0.2) is 0 Å². The van der Waals surface area contributed by atoms with Gasteiger partial charge in [0.05, 0.1) is 17.7 Å². The van der Waals surface area contributed by atoms with Gasteiger partial charge in [-0.1, -0.05) is 11.6 Å². The number of ether oxygens (including phenoxy) is 1. The summed E-state index contributed by atoms with van der Waals surface area (Å²) in [6, 6.07) is 4.70. The molecule has 1 rings (SSSR count). The van der Waals surface area contributed by atoms with Crippen LogP contribution in [0.5, 0.6) is 0 Å². The van der Waals surface area contributed by atoms with Crippen LogP contribution >= 0.6 is 11.6 Å². The molecule has 0 aromatic heterocycles. The predicted molar refractivity (Wildman–Crippen MR) is 83.8 cm³/mol. The molecular formula is C15H21ClN2O3. The fraction of sp³-hybridized carbons (Fsp3) is 0.467. The van der Waals surface area contributed by atoms with Crippen molar-refractivity contribution in [3.63, 3.8) is 0 Å². The molecule has 21 heavy (non-hydrogen) atoms. The number of amides is 1. The Morgan fingerprint density at radius 2 is 1.95 bits per heavy atom. The highest BCUT2D eigenvalue weighted by molar-refractivity contribution is 6.33. The Bertz CT molecular complexity index is 524. The second-order valence-corrected chi connectivity index (χ2v) is 6.07. The van der Waals surface area contributed by atoms with Crippen molar-refractivity contribution in [2.45, 2.75) is 32.7 Å². The average Bonchev–Trinajstić information content (AvgIpc) is 2.38. The first kappa shape index (κ1) is 17.5. The van der Waals surface area contributed by atoms with Crippen LogP contribution in [0.2, 0.25) is 5.02 Å². The maximum Gasteiger partial charge on any atom is 0.339 e. The van der Waals surface area contributed by atoms with E-state index < -0.39 is 5.97 Å². The lowest BCUT2D eigenvalue weighted by Gasteiger charge is -2.20. The topological polar surface area (TPSA) is 67.4 Å². The molecule has 6 heteroatoms. The fourth-order valence-corrected chi connectivity index (χ4v) is 1.84. The number of anilines is 1. The van der Waals surface area contributed by atoms with E-state index in [1.165, 1.54) is 13.2 Å². The van der Waals surface area contributed by atoms with E-state index in [1.807, 2.05) is 20.8 Å². The molecule has 0 bridgehead atoms. The van der Waals surface area contributed by atoms with Crippen molar-refractivity contribution >= 4 is 29.2 Å². The standard InChI is InChI=1S/C15H21ClN2O3/c1-15(2,3)17-8-7-13(19)18-10-5-6-12(16)11(9-10)14(20)21-4/h5-6,9,17H,7-8H2,1-4H3,(H,18,19). The average molecular weight is 313 g/mol. The van der Waals surface area contributed by atoms with Gasteiger partial charge in [-0.2, -0.15) is 0 Å². The summed E-state index contributed by atoms with van der Waals surface area (Å²) in [7, 11) is 1.28. The third-order valence-corrected chi connectivity index (χ3v) is 2.99. The van der Waals surface area contributed by atoms with Crippen molar-refractivity contribution in [3.8, 4) is 0 Å². The van der Waals surface area contributed by atoms with Crippen LogP contribution in [0, 0.1) is 0 Å². The molecule has 2 N–H and O–H groups in total. The van der Waals surface area contributed by atoms with Gasteiger partial charge in [-0.3, -0.25) is 4.79 Å². The van der Waals surface area contributed by atoms with E-state index in [-0.39, 0.29) is 22.0 Å². The predicted octanol–water partition coefficient (Wildman–Crippen LogP) is 2.84. The third-order valence-electron chi connectivity index (χ3n) is 2.66. The molecule has 0 spiro atoms. The van der Waals surface area contributed by atoms with Gasteiger partial charge in [0.2, 0.25) is 5.91 Å². The van der Waals surface area contributed by atoms with Crippen molar-refractivity contribution in [2.24, 2.45) is 0 Å². The molecule has 0 saturated heterocycles. The largest absolute Gasteiger partial charge is 0.465 e. The molecule has 0 fully saturated rings. The lowest BCUT2D eigenvalue weighted by atomic mass is 10.1. The zero-order valence-electron chi connectivity index (χ0n) is 12.7. The number of methoxy groups -OCH3 is 1. The zero-order valence-corrected chi connectivity index (χ0v) is 13.5. The highest BCUT2D eigenvalue weighted by Gasteiger charge is 2.13. The van der Waals surface area contributed by atoms with Crippen molar-refractivity contribution in [1.29, 1.82) is 0 Å². The molecule has 0 atom stereocenters. The quantitative estimate of drug-likeness (QED) is 0.820. The summed E-state index contributed by atoms with van der Waals surface area (Å²) in [6.07, 6.45) is 0.341. The molecule has 0 aliphatic heterocycles. The van der Waals surface area contributed by atoms with Gasteiger partial charge < -0.3 is 15.4 Å². The molecule has 1 aromatic carbocycles. The number of rotatable bonds is 5. The summed E-state index contributed by atoms with van der Waals surface area (Å²) in [5, 5.41) is 6.25. The van der Waals surface area contributed by atoms with Crippen molar-refractivity contribution in [2.75, 3.05) is 19.0 Å². The number of hydrogen-bond acceptors (Lipinski definition) is 4. The first-order valence-electron chi connectivity index (χ1n) is 6.65. The normalized spacial score (nSPS) is 11.1. The molecular weight excluding hydrogens is 292 g/mol. The Balaban J connectivity index is 2.62. The summed E-state index contributed by atoms with van der Waals surface area (Å²) < 4.78 is 4.63. The van der Waals surface area contributed by atoms with E-state index in [9.17, 15) is 9.59 Å². The molecule has 0 heterocycles. The molecule has 0 unspecified atom stereocenters. The molecule has 1 aromatic rings. The molecule has 0 saturated carbocycles. The Hall–Kier alpha value is -1.59. The van der Waals surface area contributed by atoms with Gasteiger partial charge in [0, 0.05) is 24.2 Å². The number of nitrogens with one attached hydrogen (secondary N) is 2. The summed E-state index contributed by atoms with van der Waals surface area (Å²) in [5.41, 5.74) is 0.712. The lowest BCUT2D eigenvalue weighted by Crippen LogP contribution is -2.37. The number of hydrogen-bond donors (Lipinski definition) is 2. The van der Waals surface area contributed by atoms with E-state index >= 15 is 0 Å². The fourth-order valence-electron chi connectivity index (χ4n) is 1.64. The minimum absolute atomic E-state index is 0.0292. The highest BCUT2D eigenvalue weighted by Crippen LogP contribution is 2.21. The van der Waals surface area contributed by atoms with Crippen LogP contribution in [0.3, 0.4) is 0 Å². The van der Waals surface area contributed by atoms with E-state index in [1.54, 1.807) is 12.1 Å². The van der Waals surface area contributed by atoms with Gasteiger partial charge in [0.25, 0.3) is 0 Å². The van der Waals surface area contributed by atoms with Crippen LogP contribution in [-0.4, -0.2) is 31.1 Å². The molecule has 0 radical (unpaired) electrons. The second-order valence-electron chi connectivity index (χ2n) is 5.66. The minimum atomic E-state index is -0.537. The Labute approximate surface area is 130 Å². The van der Waals surface area contributed by atoms with Gasteiger partial charge in [0.1, 0.15) is 0 Å². The molecule has 116 valence electrons. The number of benzene rings is 1. The summed E-state index contributed by atoms with van der Waals surface area (Å²) in [6.45, 7) is 6.68. The van der Waals surface area contributed by atoms with Crippen LogP contribution in [0.15, 0.2) is 18.2 Å². The first-order valence-corrected chi connectivity index (χ1v) is 7.03. The zero-order chi connectivity index (χ0) is 16.0. The number of carbonyl (C=O) groups is 2. The Kier molecular flexibility index (Phi) is 6.18. The van der Waals surface area contributed by atoms with Gasteiger partial charge in [-0.15, -0.1) is 0 Å². The maximum absolute atomic E-state index is 11.8. The Morgan fingerprint density at radius 3 is 2.52 bits per heavy atom. The summed E-state index contributed by atoms with van der Waals surface area (Å²) in [5.74, 6) is -0.671. The van der Waals surface area contributed by atoms with Crippen LogP contribution < -0.4 is 10.6 Å². The maximum atomic E-state index is 11.8. The van der Waals surface area contributed by atoms with Crippen LogP contribution in [0.1, 0.15) is 37.6 Å². The van der Waals surface area contributed by atoms with Crippen molar-refractivity contribution < 1.29 is 14.3 Å². The summed E-state index contributed by atoms with van der Waals surface area (Å²) in [4.78, 5) is 23.4. The summed E-state index contributed by atoms with van der Waals surface area (Å²) >= 11 is 5.92. The second kappa shape index (κ2) is 7.43. The van der Waals surface area contributed by atoms with E-state index in [4.69, 9.17) is 11.6 Å². The lowest BCUT2D eigenvalue weighted by molar-refractivity contribution is -0.116. The number of carbonyl (C=O) groups excluding carboxylic acids is 2. The minimum Gasteiger partial charge on any atom is -0.465 e. The van der Waals surface area contributed by atoms with Gasteiger partial charge >= 0.3 is 5.97 Å². The molecule has 0 aliphatic rings. The number of esters is 1. The van der Waals surface area contributed by atoms with Crippen LogP contribution in [0.25, 0.3) is 0 Å². The highest BCUT2D eigenvalue weighted by atomic mass is 35.5. The third kappa shape index (κ3) is 6.14. The van der Waals surface area contributed by atoms with Crippen molar-refractivity contribution in [1.82, 2.24) is 5.32 Å². The monoisotopic (exact) mass is 312 g/mol. The van der Waals surface area contributed by atoms with Crippen LogP contribution in [0.4, 0.5) is 5.69 Å². The van der Waals surface area contributed by atoms with Crippen molar-refractivity contribution in [3.05, 3.63) is 28.8 Å². The molecule has 0 aliphatic carbocycles. The SMILES string of the molecule is COC(=O)c1cc(NC(=O)CCNC(C)(C)C)ccc1Cl. The van der Waals surface area contributed by atoms with Gasteiger partial charge in [-0.25, -0.2) is 4.79 Å². The van der Waals surface area contributed by atoms with E-state index in [0.717, 1.165) is 0 Å². The smallest absolute Gasteiger partial charge is 0.339 e. The number of halogens is 1. The molecule has 1 amide bonds. The van der Waals surface area contributed by atoms with Crippen LogP contribution in [-0.2, 0) is 9.53 Å². The molecule has 5 nitrogen and oxygen atoms in total. The Morgan fingerprint density at radius 1 is 1.29 bits per heavy atom. The first-order chi connectivity index (χ1) is 9.73.